The molecule has 1 aliphatic rings. The minimum atomic E-state index is -0.663. The van der Waals surface area contributed by atoms with Gasteiger partial charge in [-0.2, -0.15) is 4.98 Å². The van der Waals surface area contributed by atoms with Gasteiger partial charge in [-0.05, 0) is 18.8 Å². The second-order valence-electron chi connectivity index (χ2n) is 6.06. The number of aromatic nitrogens is 2. The number of nitrogens with zero attached hydrogens (tertiary/aromatic N) is 2. The van der Waals surface area contributed by atoms with Crippen molar-refractivity contribution in [3.05, 3.63) is 22.2 Å². The van der Waals surface area contributed by atoms with Gasteiger partial charge in [0.25, 0.3) is 0 Å². The number of nitrogens with two attached hydrogens (primary N) is 2. The van der Waals surface area contributed by atoms with Crippen LogP contribution in [-0.4, -0.2) is 34.3 Å². The summed E-state index contributed by atoms with van der Waals surface area (Å²) < 4.78 is 12.2. The Hall–Kier alpha value is -2.37. The zero-order valence-electron chi connectivity index (χ0n) is 13.8. The molecule has 24 heavy (non-hydrogen) atoms. The van der Waals surface area contributed by atoms with Gasteiger partial charge in [0.2, 0.25) is 0 Å². The number of esters is 1. The van der Waals surface area contributed by atoms with Crippen LogP contribution < -0.4 is 17.2 Å². The zero-order valence-corrected chi connectivity index (χ0v) is 13.8. The topological polar surface area (TPSA) is 122 Å². The van der Waals surface area contributed by atoms with Gasteiger partial charge >= 0.3 is 11.7 Å². The fraction of sp³-hybridized carbons (Fsp3) is 0.562. The van der Waals surface area contributed by atoms with Crippen LogP contribution in [0.5, 0.6) is 0 Å². The van der Waals surface area contributed by atoms with E-state index in [0.717, 1.165) is 0 Å². The van der Waals surface area contributed by atoms with Crippen molar-refractivity contribution in [2.75, 3.05) is 12.3 Å². The summed E-state index contributed by atoms with van der Waals surface area (Å²) in [5.41, 5.74) is 11.1. The SMILES string of the molecule is C#Cc1cn(C2CCC(COC(=O)C(N)C(C)C)O2)c(=O)nc1N. The Balaban J connectivity index is 1.98. The molecule has 0 spiro atoms. The molecule has 0 aromatic carbocycles. The summed E-state index contributed by atoms with van der Waals surface area (Å²) in [4.78, 5) is 27.4. The van der Waals surface area contributed by atoms with Crippen LogP contribution in [0.25, 0.3) is 0 Å². The lowest BCUT2D eigenvalue weighted by Crippen LogP contribution is -2.38. The van der Waals surface area contributed by atoms with E-state index in [2.05, 4.69) is 10.9 Å². The number of hydrogen-bond acceptors (Lipinski definition) is 7. The lowest BCUT2D eigenvalue weighted by atomic mass is 10.1. The fourth-order valence-corrected chi connectivity index (χ4v) is 2.36. The van der Waals surface area contributed by atoms with Crippen molar-refractivity contribution in [1.82, 2.24) is 9.55 Å². The third kappa shape index (κ3) is 3.93. The van der Waals surface area contributed by atoms with Crippen molar-refractivity contribution in [1.29, 1.82) is 0 Å². The van der Waals surface area contributed by atoms with Gasteiger partial charge in [0.1, 0.15) is 24.7 Å². The molecule has 0 aliphatic carbocycles. The predicted octanol–water partition coefficient (Wildman–Crippen LogP) is 0.0109. The first-order valence-corrected chi connectivity index (χ1v) is 7.76. The van der Waals surface area contributed by atoms with Crippen molar-refractivity contribution < 1.29 is 14.3 Å². The number of rotatable bonds is 5. The van der Waals surface area contributed by atoms with Gasteiger partial charge in [-0.15, -0.1) is 6.42 Å². The molecule has 1 aromatic rings. The third-order valence-corrected chi connectivity index (χ3v) is 3.93. The second kappa shape index (κ2) is 7.47. The summed E-state index contributed by atoms with van der Waals surface area (Å²) in [6.07, 6.45) is 7.18. The van der Waals surface area contributed by atoms with Gasteiger partial charge in [-0.25, -0.2) is 4.79 Å². The predicted molar refractivity (Wildman–Crippen MR) is 87.8 cm³/mol. The van der Waals surface area contributed by atoms with Crippen LogP contribution in [0.4, 0.5) is 5.82 Å². The smallest absolute Gasteiger partial charge is 0.351 e. The molecular weight excluding hydrogens is 312 g/mol. The summed E-state index contributed by atoms with van der Waals surface area (Å²) in [5, 5.41) is 0. The molecule has 4 N–H and O–H groups in total. The van der Waals surface area contributed by atoms with Crippen molar-refractivity contribution in [2.24, 2.45) is 11.7 Å². The summed E-state index contributed by atoms with van der Waals surface area (Å²) >= 11 is 0. The molecule has 3 unspecified atom stereocenters. The molecule has 2 heterocycles. The largest absolute Gasteiger partial charge is 0.462 e. The Morgan fingerprint density at radius 1 is 1.58 bits per heavy atom. The normalized spacial score (nSPS) is 21.5. The number of carbonyl (C=O) groups is 1. The number of carbonyl (C=O) groups excluding carboxylic acids is 1. The first-order chi connectivity index (χ1) is 11.3. The van der Waals surface area contributed by atoms with Crippen molar-refractivity contribution in [2.45, 2.75) is 45.1 Å². The maximum Gasteiger partial charge on any atom is 0.351 e. The van der Waals surface area contributed by atoms with E-state index in [9.17, 15) is 9.59 Å². The number of ether oxygens (including phenoxy) is 2. The Morgan fingerprint density at radius 2 is 2.29 bits per heavy atom. The molecule has 0 amide bonds. The Labute approximate surface area is 140 Å². The lowest BCUT2D eigenvalue weighted by Gasteiger charge is -2.18. The Morgan fingerprint density at radius 3 is 2.92 bits per heavy atom. The molecule has 1 fully saturated rings. The van der Waals surface area contributed by atoms with Crippen LogP contribution in [0.3, 0.4) is 0 Å². The van der Waals surface area contributed by atoms with E-state index in [-0.39, 0.29) is 24.4 Å². The molecule has 1 aliphatic heterocycles. The van der Waals surface area contributed by atoms with Gasteiger partial charge in [0, 0.05) is 6.20 Å². The minimum absolute atomic E-state index is 0.00337. The first-order valence-electron chi connectivity index (χ1n) is 7.76. The maximum atomic E-state index is 12.0. The number of anilines is 1. The molecular formula is C16H22N4O4. The highest BCUT2D eigenvalue weighted by Gasteiger charge is 2.29. The summed E-state index contributed by atoms with van der Waals surface area (Å²) in [7, 11) is 0. The van der Waals surface area contributed by atoms with E-state index in [0.29, 0.717) is 18.4 Å². The highest BCUT2D eigenvalue weighted by molar-refractivity contribution is 5.75. The summed E-state index contributed by atoms with van der Waals surface area (Å²) in [6, 6.07) is -0.663. The van der Waals surface area contributed by atoms with Crippen LogP contribution in [0.2, 0.25) is 0 Å². The van der Waals surface area contributed by atoms with Crippen molar-refractivity contribution in [3.8, 4) is 12.3 Å². The van der Waals surface area contributed by atoms with Crippen LogP contribution in [0, 0.1) is 18.3 Å². The highest BCUT2D eigenvalue weighted by Crippen LogP contribution is 2.27. The molecule has 8 nitrogen and oxygen atoms in total. The Kier molecular flexibility index (Phi) is 5.59. The number of hydrogen-bond donors (Lipinski definition) is 2. The average Bonchev–Trinajstić information content (AvgIpc) is 3.00. The van der Waals surface area contributed by atoms with E-state index in [1.807, 2.05) is 13.8 Å². The standard InChI is InChI=1S/C16H22N4O4/c1-4-10-7-20(16(22)19-14(10)18)12-6-5-11(24-12)8-23-15(21)13(17)9(2)3/h1,7,9,11-13H,5-6,8,17H2,2-3H3,(H2,18,19,22). The van der Waals surface area contributed by atoms with E-state index in [4.69, 9.17) is 27.4 Å². The van der Waals surface area contributed by atoms with Crippen molar-refractivity contribution >= 4 is 11.8 Å². The summed E-state index contributed by atoms with van der Waals surface area (Å²) in [6.45, 7) is 3.78. The third-order valence-electron chi connectivity index (χ3n) is 3.93. The van der Waals surface area contributed by atoms with Gasteiger partial charge in [-0.3, -0.25) is 9.36 Å². The molecule has 0 bridgehead atoms. The molecule has 0 radical (unpaired) electrons. The first kappa shape index (κ1) is 18.0. The molecule has 3 atom stereocenters. The van der Waals surface area contributed by atoms with Crippen LogP contribution in [0.1, 0.15) is 38.5 Å². The van der Waals surface area contributed by atoms with Gasteiger partial charge in [0.05, 0.1) is 11.7 Å². The molecule has 130 valence electrons. The highest BCUT2D eigenvalue weighted by atomic mass is 16.6. The number of terminal acetylenes is 1. The fourth-order valence-electron chi connectivity index (χ4n) is 2.36. The van der Waals surface area contributed by atoms with Crippen LogP contribution in [0.15, 0.2) is 11.0 Å². The maximum absolute atomic E-state index is 12.0. The number of nitrogen functional groups attached to an aromatic ring is 1. The van der Waals surface area contributed by atoms with E-state index in [1.165, 1.54) is 10.8 Å². The summed E-state index contributed by atoms with van der Waals surface area (Å²) in [5.74, 6) is 1.93. The van der Waals surface area contributed by atoms with E-state index < -0.39 is 23.9 Å². The van der Waals surface area contributed by atoms with E-state index in [1.54, 1.807) is 0 Å². The van der Waals surface area contributed by atoms with Crippen LogP contribution >= 0.6 is 0 Å². The van der Waals surface area contributed by atoms with E-state index >= 15 is 0 Å². The van der Waals surface area contributed by atoms with Crippen LogP contribution in [-0.2, 0) is 14.3 Å². The molecule has 1 saturated heterocycles. The Bertz CT molecular complexity index is 707. The van der Waals surface area contributed by atoms with Crippen molar-refractivity contribution in [3.63, 3.8) is 0 Å². The lowest BCUT2D eigenvalue weighted by molar-refractivity contribution is -0.151. The molecule has 2 rings (SSSR count). The monoisotopic (exact) mass is 334 g/mol. The van der Waals surface area contributed by atoms with Gasteiger partial charge in [-0.1, -0.05) is 19.8 Å². The van der Waals surface area contributed by atoms with Gasteiger partial charge in [0.15, 0.2) is 0 Å². The molecule has 0 saturated carbocycles. The molecule has 1 aromatic heterocycles. The molecule has 8 heteroatoms. The average molecular weight is 334 g/mol. The zero-order chi connectivity index (χ0) is 17.9. The second-order valence-corrected chi connectivity index (χ2v) is 6.06. The minimum Gasteiger partial charge on any atom is -0.462 e. The quantitative estimate of drug-likeness (QED) is 0.574. The van der Waals surface area contributed by atoms with Gasteiger partial charge < -0.3 is 20.9 Å².